The number of hydrogen-bond donors (Lipinski definition) is 0. The van der Waals surface area contributed by atoms with Gasteiger partial charge < -0.3 is 9.80 Å². The predicted octanol–water partition coefficient (Wildman–Crippen LogP) is 5.94. The molecule has 0 aromatic heterocycles. The average Bonchev–Trinajstić information content (AvgIpc) is 3.30. The smallest absolute Gasteiger partial charge is 0.253 e. The van der Waals surface area contributed by atoms with Crippen molar-refractivity contribution in [1.82, 2.24) is 9.80 Å². The Morgan fingerprint density at radius 1 is 0.914 bits per heavy atom. The van der Waals surface area contributed by atoms with E-state index in [4.69, 9.17) is 0 Å². The van der Waals surface area contributed by atoms with Crippen LogP contribution in [-0.2, 0) is 6.42 Å². The van der Waals surface area contributed by atoms with Crippen molar-refractivity contribution in [3.8, 4) is 0 Å². The number of benzene rings is 3. The van der Waals surface area contributed by atoms with Gasteiger partial charge in [0.1, 0.15) is 5.82 Å². The number of aryl methyl sites for hydroxylation is 1. The second kappa shape index (κ2) is 10.7. The second-order valence-corrected chi connectivity index (χ2v) is 10.4. The summed E-state index contributed by atoms with van der Waals surface area (Å²) in [7, 11) is 0. The number of likely N-dealkylation sites (tertiary alicyclic amines) is 2. The van der Waals surface area contributed by atoms with Crippen LogP contribution in [0, 0.1) is 24.6 Å². The number of piperidine rings is 1. The minimum atomic E-state index is -0.203. The van der Waals surface area contributed by atoms with Crippen molar-refractivity contribution in [3.63, 3.8) is 0 Å². The summed E-state index contributed by atoms with van der Waals surface area (Å²) in [6, 6.07) is 25.6. The highest BCUT2D eigenvalue weighted by Crippen LogP contribution is 2.35. The van der Waals surface area contributed by atoms with Gasteiger partial charge in [-0.1, -0.05) is 60.2 Å². The lowest BCUT2D eigenvalue weighted by Gasteiger charge is -2.34. The van der Waals surface area contributed by atoms with Crippen molar-refractivity contribution >= 4 is 5.91 Å². The largest absolute Gasteiger partial charge is 0.338 e. The van der Waals surface area contributed by atoms with Gasteiger partial charge in [-0.25, -0.2) is 4.39 Å². The first-order valence-corrected chi connectivity index (χ1v) is 12.9. The molecule has 182 valence electrons. The maximum atomic E-state index is 14.1. The van der Waals surface area contributed by atoms with E-state index in [0.29, 0.717) is 12.5 Å². The Bertz CT molecular complexity index is 1120. The molecule has 0 saturated carbocycles. The van der Waals surface area contributed by atoms with Crippen molar-refractivity contribution < 1.29 is 9.18 Å². The van der Waals surface area contributed by atoms with E-state index in [-0.39, 0.29) is 17.6 Å². The van der Waals surface area contributed by atoms with E-state index in [1.54, 1.807) is 12.1 Å². The molecule has 1 amide bonds. The van der Waals surface area contributed by atoms with Crippen LogP contribution >= 0.6 is 0 Å². The maximum absolute atomic E-state index is 14.1. The Morgan fingerprint density at radius 3 is 2.37 bits per heavy atom. The molecule has 3 aromatic carbocycles. The molecule has 2 aliphatic heterocycles. The molecule has 2 fully saturated rings. The van der Waals surface area contributed by atoms with E-state index < -0.39 is 0 Å². The summed E-state index contributed by atoms with van der Waals surface area (Å²) >= 11 is 0. The third kappa shape index (κ3) is 5.82. The summed E-state index contributed by atoms with van der Waals surface area (Å²) in [5.41, 5.74) is 4.32. The molecule has 2 unspecified atom stereocenters. The van der Waals surface area contributed by atoms with Crippen molar-refractivity contribution in [3.05, 3.63) is 107 Å². The predicted molar refractivity (Wildman–Crippen MR) is 139 cm³/mol. The van der Waals surface area contributed by atoms with Crippen LogP contribution in [0.5, 0.6) is 0 Å². The maximum Gasteiger partial charge on any atom is 0.253 e. The standard InChI is InChI=1S/C31H35FN2O/c1-23-10-12-26(13-11-23)31(35)34-21-28(30(22-34)27-8-5-9-29(32)19-27)20-33-16-14-25(15-17-33)18-24-6-3-2-4-7-24/h2-13,19,25,28,30H,14-18,20-22H2,1H3. The molecule has 3 nitrogen and oxygen atoms in total. The van der Waals surface area contributed by atoms with Crippen LogP contribution in [0.15, 0.2) is 78.9 Å². The minimum Gasteiger partial charge on any atom is -0.338 e. The molecule has 0 N–H and O–H groups in total. The van der Waals surface area contributed by atoms with E-state index in [9.17, 15) is 9.18 Å². The zero-order chi connectivity index (χ0) is 24.2. The Morgan fingerprint density at radius 2 is 1.66 bits per heavy atom. The zero-order valence-corrected chi connectivity index (χ0v) is 20.6. The number of carbonyl (C=O) groups is 1. The molecule has 2 atom stereocenters. The first kappa shape index (κ1) is 23.7. The molecule has 35 heavy (non-hydrogen) atoms. The molecular weight excluding hydrogens is 435 g/mol. The highest BCUT2D eigenvalue weighted by molar-refractivity contribution is 5.94. The average molecular weight is 471 g/mol. The Hall–Kier alpha value is -2.98. The Labute approximate surface area is 208 Å². The number of carbonyl (C=O) groups excluding carboxylic acids is 1. The van der Waals surface area contributed by atoms with Gasteiger partial charge in [0.2, 0.25) is 0 Å². The number of hydrogen-bond acceptors (Lipinski definition) is 2. The number of amides is 1. The number of halogens is 1. The molecule has 2 aliphatic rings. The molecule has 0 radical (unpaired) electrons. The summed E-state index contributed by atoms with van der Waals surface area (Å²) in [5, 5.41) is 0. The van der Waals surface area contributed by atoms with Gasteiger partial charge in [-0.05, 0) is 86.5 Å². The fourth-order valence-corrected chi connectivity index (χ4v) is 5.87. The molecule has 4 heteroatoms. The third-order valence-electron chi connectivity index (χ3n) is 7.87. The van der Waals surface area contributed by atoms with Crippen molar-refractivity contribution in [2.24, 2.45) is 11.8 Å². The summed E-state index contributed by atoms with van der Waals surface area (Å²) < 4.78 is 14.1. The first-order chi connectivity index (χ1) is 17.0. The van der Waals surface area contributed by atoms with Gasteiger partial charge in [-0.3, -0.25) is 4.79 Å². The lowest BCUT2D eigenvalue weighted by Crippen LogP contribution is -2.39. The lowest BCUT2D eigenvalue weighted by molar-refractivity contribution is 0.0780. The molecule has 3 aromatic rings. The SMILES string of the molecule is Cc1ccc(C(=O)N2CC(CN3CCC(Cc4ccccc4)CC3)C(c3cccc(F)c3)C2)cc1. The zero-order valence-electron chi connectivity index (χ0n) is 20.6. The second-order valence-electron chi connectivity index (χ2n) is 10.4. The molecule has 2 saturated heterocycles. The molecule has 5 rings (SSSR count). The van der Waals surface area contributed by atoms with Crippen LogP contribution in [0.1, 0.15) is 45.8 Å². The molecule has 2 heterocycles. The van der Waals surface area contributed by atoms with Crippen molar-refractivity contribution in [1.29, 1.82) is 0 Å². The third-order valence-corrected chi connectivity index (χ3v) is 7.87. The highest BCUT2D eigenvalue weighted by Gasteiger charge is 2.38. The minimum absolute atomic E-state index is 0.0791. The van der Waals surface area contributed by atoms with Crippen LogP contribution < -0.4 is 0 Å². The quantitative estimate of drug-likeness (QED) is 0.445. The molecule has 0 aliphatic carbocycles. The van der Waals surface area contributed by atoms with Gasteiger partial charge in [0, 0.05) is 31.1 Å². The normalized spacial score (nSPS) is 21.4. The number of rotatable bonds is 6. The van der Waals surface area contributed by atoms with E-state index in [2.05, 4.69) is 35.2 Å². The van der Waals surface area contributed by atoms with Gasteiger partial charge in [0.05, 0.1) is 0 Å². The van der Waals surface area contributed by atoms with Crippen LogP contribution in [0.25, 0.3) is 0 Å². The summed E-state index contributed by atoms with van der Waals surface area (Å²) in [5.74, 6) is 1.07. The van der Waals surface area contributed by atoms with Crippen LogP contribution in [-0.4, -0.2) is 48.4 Å². The van der Waals surface area contributed by atoms with Gasteiger partial charge in [-0.15, -0.1) is 0 Å². The fraction of sp³-hybridized carbons (Fsp3) is 0.387. The van der Waals surface area contributed by atoms with Crippen LogP contribution in [0.2, 0.25) is 0 Å². The highest BCUT2D eigenvalue weighted by atomic mass is 19.1. The van der Waals surface area contributed by atoms with Crippen LogP contribution in [0.4, 0.5) is 4.39 Å². The van der Waals surface area contributed by atoms with Crippen molar-refractivity contribution in [2.45, 2.75) is 32.1 Å². The number of nitrogens with zero attached hydrogens (tertiary/aromatic N) is 2. The molecule has 0 spiro atoms. The Kier molecular flexibility index (Phi) is 7.29. The van der Waals surface area contributed by atoms with Crippen LogP contribution in [0.3, 0.4) is 0 Å². The summed E-state index contributed by atoms with van der Waals surface area (Å²) in [6.45, 7) is 6.54. The molecule has 0 bridgehead atoms. The molecular formula is C31H35FN2O. The monoisotopic (exact) mass is 470 g/mol. The van der Waals surface area contributed by atoms with Gasteiger partial charge in [-0.2, -0.15) is 0 Å². The van der Waals surface area contributed by atoms with Gasteiger partial charge >= 0.3 is 0 Å². The topological polar surface area (TPSA) is 23.6 Å². The van der Waals surface area contributed by atoms with E-state index in [0.717, 1.165) is 55.2 Å². The van der Waals surface area contributed by atoms with E-state index in [1.807, 2.05) is 42.2 Å². The first-order valence-electron chi connectivity index (χ1n) is 12.9. The fourth-order valence-electron chi connectivity index (χ4n) is 5.87. The van der Waals surface area contributed by atoms with Gasteiger partial charge in [0.25, 0.3) is 5.91 Å². The lowest BCUT2D eigenvalue weighted by atomic mass is 9.86. The summed E-state index contributed by atoms with van der Waals surface area (Å²) in [4.78, 5) is 17.8. The van der Waals surface area contributed by atoms with Crippen molar-refractivity contribution in [2.75, 3.05) is 32.7 Å². The van der Waals surface area contributed by atoms with E-state index >= 15 is 0 Å². The summed E-state index contributed by atoms with van der Waals surface area (Å²) in [6.07, 6.45) is 3.57. The Balaban J connectivity index is 1.26. The van der Waals surface area contributed by atoms with E-state index in [1.165, 1.54) is 24.5 Å². The van der Waals surface area contributed by atoms with Gasteiger partial charge in [0.15, 0.2) is 0 Å².